The zero-order valence-electron chi connectivity index (χ0n) is 19.2. The summed E-state index contributed by atoms with van der Waals surface area (Å²) in [6.45, 7) is 0. The van der Waals surface area contributed by atoms with Crippen LogP contribution in [0.2, 0.25) is 0 Å². The third-order valence-corrected chi connectivity index (χ3v) is 6.57. The fourth-order valence-electron chi connectivity index (χ4n) is 3.66. The molecule has 3 aromatic carbocycles. The minimum absolute atomic E-state index is 0.157. The van der Waals surface area contributed by atoms with Crippen LogP contribution in [-0.4, -0.2) is 39.3 Å². The number of allylic oxidation sites excluding steroid dienone is 1. The Morgan fingerprint density at radius 3 is 2.09 bits per heavy atom. The highest BCUT2D eigenvalue weighted by molar-refractivity contribution is 7.22. The normalized spacial score (nSPS) is 11.1. The molecule has 7 heteroatoms. The number of phenols is 1. The van der Waals surface area contributed by atoms with E-state index in [1.165, 1.54) is 37.1 Å². The fourth-order valence-corrected chi connectivity index (χ4v) is 4.74. The molecule has 0 aliphatic carbocycles. The first-order valence-electron chi connectivity index (χ1n) is 10.4. The molecule has 1 heterocycles. The second kappa shape index (κ2) is 9.89. The molecule has 4 rings (SSSR count). The van der Waals surface area contributed by atoms with Gasteiger partial charge in [-0.2, -0.15) is 0 Å². The summed E-state index contributed by atoms with van der Waals surface area (Å²) in [4.78, 5) is 14.0. The molecule has 34 heavy (non-hydrogen) atoms. The number of thiophene rings is 1. The smallest absolute Gasteiger partial charge is 0.200 e. The molecular weight excluding hydrogens is 452 g/mol. The van der Waals surface area contributed by atoms with Crippen LogP contribution in [0.25, 0.3) is 26.6 Å². The number of benzene rings is 3. The van der Waals surface area contributed by atoms with Crippen LogP contribution < -0.4 is 18.9 Å². The number of aromatic hydroxyl groups is 1. The van der Waals surface area contributed by atoms with Gasteiger partial charge in [-0.05, 0) is 47.9 Å². The molecule has 4 aromatic rings. The van der Waals surface area contributed by atoms with Crippen LogP contribution in [0, 0.1) is 0 Å². The Labute approximate surface area is 201 Å². The molecule has 1 aromatic heterocycles. The number of carbonyl (C=O) groups is 1. The van der Waals surface area contributed by atoms with Gasteiger partial charge in [0.2, 0.25) is 5.75 Å². The number of phenolic OH excluding ortho intramolecular Hbond substituents is 1. The van der Waals surface area contributed by atoms with E-state index in [2.05, 4.69) is 18.2 Å². The number of ketones is 1. The summed E-state index contributed by atoms with van der Waals surface area (Å²) in [5.74, 6) is 1.13. The summed E-state index contributed by atoms with van der Waals surface area (Å²) >= 11 is 1.67. The Hall–Kier alpha value is -3.97. The molecule has 0 unspecified atom stereocenters. The van der Waals surface area contributed by atoms with E-state index in [0.29, 0.717) is 17.1 Å². The van der Waals surface area contributed by atoms with Crippen molar-refractivity contribution < 1.29 is 28.8 Å². The Morgan fingerprint density at radius 2 is 1.47 bits per heavy atom. The van der Waals surface area contributed by atoms with Crippen LogP contribution in [0.5, 0.6) is 28.7 Å². The van der Waals surface area contributed by atoms with E-state index in [0.717, 1.165) is 21.4 Å². The van der Waals surface area contributed by atoms with Crippen LogP contribution in [-0.2, 0) is 0 Å². The quantitative estimate of drug-likeness (QED) is 0.241. The van der Waals surface area contributed by atoms with E-state index in [9.17, 15) is 9.90 Å². The van der Waals surface area contributed by atoms with Crippen LogP contribution >= 0.6 is 11.3 Å². The van der Waals surface area contributed by atoms with Crippen molar-refractivity contribution in [3.8, 4) is 39.2 Å². The summed E-state index contributed by atoms with van der Waals surface area (Å²) in [6, 6.07) is 17.0. The second-order valence-corrected chi connectivity index (χ2v) is 8.45. The molecule has 6 nitrogen and oxygen atoms in total. The van der Waals surface area contributed by atoms with Gasteiger partial charge in [-0.15, -0.1) is 11.3 Å². The van der Waals surface area contributed by atoms with Crippen molar-refractivity contribution in [2.45, 2.75) is 0 Å². The molecule has 0 amide bonds. The summed E-state index contributed by atoms with van der Waals surface area (Å²) in [5, 5.41) is 11.3. The average molecular weight is 477 g/mol. The summed E-state index contributed by atoms with van der Waals surface area (Å²) in [7, 11) is 6.02. The maximum Gasteiger partial charge on any atom is 0.200 e. The third kappa shape index (κ3) is 4.43. The first kappa shape index (κ1) is 23.2. The molecule has 0 fully saturated rings. The SMILES string of the molecule is COc1cc(OC)c(-c2cc3ccccc3s2)cc1/C=C/C(=O)c1cc(OC)c(O)c(OC)c1. The molecule has 0 saturated carbocycles. The van der Waals surface area contributed by atoms with Gasteiger partial charge >= 0.3 is 0 Å². The second-order valence-electron chi connectivity index (χ2n) is 7.37. The topological polar surface area (TPSA) is 74.2 Å². The van der Waals surface area contributed by atoms with Gasteiger partial charge in [-0.1, -0.05) is 18.2 Å². The van der Waals surface area contributed by atoms with Crippen molar-refractivity contribution in [2.24, 2.45) is 0 Å². The number of ether oxygens (including phenoxy) is 4. The molecule has 0 atom stereocenters. The largest absolute Gasteiger partial charge is 0.502 e. The molecule has 0 aliphatic rings. The number of carbonyl (C=O) groups excluding carboxylic acids is 1. The maximum absolute atomic E-state index is 12.9. The van der Waals surface area contributed by atoms with Crippen LogP contribution in [0.4, 0.5) is 0 Å². The predicted octanol–water partition coefficient (Wildman–Crippen LogP) is 6.20. The van der Waals surface area contributed by atoms with Gasteiger partial charge in [-0.3, -0.25) is 4.79 Å². The van der Waals surface area contributed by atoms with Crippen molar-refractivity contribution in [2.75, 3.05) is 28.4 Å². The van der Waals surface area contributed by atoms with Gasteiger partial charge in [0, 0.05) is 32.3 Å². The maximum atomic E-state index is 12.9. The van der Waals surface area contributed by atoms with Gasteiger partial charge in [0.1, 0.15) is 11.5 Å². The van der Waals surface area contributed by atoms with Gasteiger partial charge in [0.05, 0.1) is 28.4 Å². The van der Waals surface area contributed by atoms with Crippen molar-refractivity contribution in [1.82, 2.24) is 0 Å². The Morgan fingerprint density at radius 1 is 0.824 bits per heavy atom. The third-order valence-electron chi connectivity index (χ3n) is 5.42. The Balaban J connectivity index is 1.74. The molecule has 0 radical (unpaired) electrons. The monoisotopic (exact) mass is 476 g/mol. The molecular formula is C27H24O6S. The van der Waals surface area contributed by atoms with Crippen molar-refractivity contribution in [1.29, 1.82) is 0 Å². The summed E-state index contributed by atoms with van der Waals surface area (Å²) in [6.07, 6.45) is 3.15. The van der Waals surface area contributed by atoms with Crippen LogP contribution in [0.15, 0.2) is 60.7 Å². The minimum Gasteiger partial charge on any atom is -0.502 e. The van der Waals surface area contributed by atoms with Crippen LogP contribution in [0.3, 0.4) is 0 Å². The molecule has 174 valence electrons. The first-order valence-corrected chi connectivity index (χ1v) is 11.2. The molecule has 0 saturated heterocycles. The van der Waals surface area contributed by atoms with E-state index in [4.69, 9.17) is 18.9 Å². The lowest BCUT2D eigenvalue weighted by Gasteiger charge is -2.12. The van der Waals surface area contributed by atoms with Crippen LogP contribution in [0.1, 0.15) is 15.9 Å². The number of fused-ring (bicyclic) bond motifs is 1. The minimum atomic E-state index is -0.280. The number of hydrogen-bond donors (Lipinski definition) is 1. The van der Waals surface area contributed by atoms with E-state index in [1.54, 1.807) is 31.6 Å². The van der Waals surface area contributed by atoms with E-state index in [-0.39, 0.29) is 23.0 Å². The van der Waals surface area contributed by atoms with Crippen molar-refractivity contribution in [3.63, 3.8) is 0 Å². The fraction of sp³-hybridized carbons (Fsp3) is 0.148. The number of methoxy groups -OCH3 is 4. The highest BCUT2D eigenvalue weighted by Crippen LogP contribution is 2.42. The van der Waals surface area contributed by atoms with Gasteiger partial charge < -0.3 is 24.1 Å². The highest BCUT2D eigenvalue weighted by atomic mass is 32.1. The van der Waals surface area contributed by atoms with E-state index < -0.39 is 0 Å². The van der Waals surface area contributed by atoms with Gasteiger partial charge in [0.15, 0.2) is 17.3 Å². The lowest BCUT2D eigenvalue weighted by Crippen LogP contribution is -1.98. The van der Waals surface area contributed by atoms with E-state index in [1.807, 2.05) is 24.3 Å². The lowest BCUT2D eigenvalue weighted by atomic mass is 10.0. The standard InChI is InChI=1S/C27H24O6S/c1-30-21-15-22(31-2)19(26-14-17-7-5-6-8-25(17)34-26)11-16(21)9-10-20(28)18-12-23(32-3)27(29)24(13-18)33-4/h5-15,29H,1-4H3/b10-9+. The molecule has 0 bridgehead atoms. The molecule has 0 aliphatic heterocycles. The lowest BCUT2D eigenvalue weighted by molar-refractivity contribution is 0.104. The molecule has 0 spiro atoms. The van der Waals surface area contributed by atoms with Crippen molar-refractivity contribution in [3.05, 3.63) is 71.8 Å². The number of hydrogen-bond acceptors (Lipinski definition) is 7. The van der Waals surface area contributed by atoms with Gasteiger partial charge in [0.25, 0.3) is 0 Å². The predicted molar refractivity (Wildman–Crippen MR) is 135 cm³/mol. The highest BCUT2D eigenvalue weighted by Gasteiger charge is 2.16. The van der Waals surface area contributed by atoms with Gasteiger partial charge in [-0.25, -0.2) is 0 Å². The molecule has 1 N–H and O–H groups in total. The van der Waals surface area contributed by atoms with E-state index >= 15 is 0 Å². The zero-order chi connectivity index (χ0) is 24.2. The Kier molecular flexibility index (Phi) is 6.75. The average Bonchev–Trinajstić information content (AvgIpc) is 3.31. The Bertz CT molecular complexity index is 1330. The zero-order valence-corrected chi connectivity index (χ0v) is 20.1. The summed E-state index contributed by atoms with van der Waals surface area (Å²) in [5.41, 5.74) is 1.95. The first-order chi connectivity index (χ1) is 16.5. The van der Waals surface area contributed by atoms with Crippen molar-refractivity contribution >= 4 is 33.3 Å². The summed E-state index contributed by atoms with van der Waals surface area (Å²) < 4.78 is 22.7. The number of rotatable bonds is 8.